The van der Waals surface area contributed by atoms with Crippen molar-refractivity contribution in [2.45, 2.75) is 19.9 Å². The summed E-state index contributed by atoms with van der Waals surface area (Å²) >= 11 is 0. The number of carbonyl (C=O) groups excluding carboxylic acids is 1. The molecule has 6 rings (SSSR count). The highest BCUT2D eigenvalue weighted by Crippen LogP contribution is 2.29. The third-order valence-electron chi connectivity index (χ3n) is 7.45. The second kappa shape index (κ2) is 9.38. The predicted octanol–water partition coefficient (Wildman–Crippen LogP) is 1.76. The zero-order valence-corrected chi connectivity index (χ0v) is 21.9. The van der Waals surface area contributed by atoms with Gasteiger partial charge in [-0.15, -0.1) is 0 Å². The standard InChI is InChI=1S/C26H33N9O2/c1-17-27-19-7-5-6-8-20(19)35(17)26-29-23-22(24(30-26)34-11-13-37-14-12-34)28-21(32(23)4)16-33-10-9-18(15-33)25(36)31(2)3/h5-8,18H,9-16H2,1-4H3/t18-/m1/s1. The van der Waals surface area contributed by atoms with Gasteiger partial charge in [-0.25, -0.2) is 9.97 Å². The smallest absolute Gasteiger partial charge is 0.239 e. The van der Waals surface area contributed by atoms with Crippen LogP contribution in [0.2, 0.25) is 0 Å². The Bertz CT molecular complexity index is 1470. The summed E-state index contributed by atoms with van der Waals surface area (Å²) in [7, 11) is 5.66. The Morgan fingerprint density at radius 3 is 2.65 bits per heavy atom. The summed E-state index contributed by atoms with van der Waals surface area (Å²) in [6.45, 7) is 7.08. The molecule has 0 N–H and O–H groups in total. The zero-order valence-electron chi connectivity index (χ0n) is 21.9. The molecule has 194 valence electrons. The van der Waals surface area contributed by atoms with Crippen molar-refractivity contribution in [1.29, 1.82) is 0 Å². The summed E-state index contributed by atoms with van der Waals surface area (Å²) in [5.41, 5.74) is 3.48. The SMILES string of the molecule is Cc1nc2ccccc2n1-c1nc(N2CCOCC2)c2nc(CN3CC[C@@H](C(=O)N(C)C)C3)n(C)c2n1. The Labute approximate surface area is 215 Å². The molecule has 1 amide bonds. The maximum Gasteiger partial charge on any atom is 0.239 e. The van der Waals surface area contributed by atoms with Crippen molar-refractivity contribution in [3.63, 3.8) is 0 Å². The molecule has 0 radical (unpaired) electrons. The van der Waals surface area contributed by atoms with Crippen LogP contribution in [0.4, 0.5) is 5.82 Å². The number of fused-ring (bicyclic) bond motifs is 2. The number of nitrogens with zero attached hydrogens (tertiary/aromatic N) is 9. The largest absolute Gasteiger partial charge is 0.378 e. The highest BCUT2D eigenvalue weighted by Gasteiger charge is 2.31. The number of likely N-dealkylation sites (tertiary alicyclic amines) is 1. The van der Waals surface area contributed by atoms with E-state index in [-0.39, 0.29) is 11.8 Å². The van der Waals surface area contributed by atoms with Gasteiger partial charge >= 0.3 is 0 Å². The Morgan fingerprint density at radius 1 is 1.08 bits per heavy atom. The quantitative estimate of drug-likeness (QED) is 0.407. The number of hydrogen-bond donors (Lipinski definition) is 0. The highest BCUT2D eigenvalue weighted by molar-refractivity contribution is 5.86. The molecule has 1 aromatic carbocycles. The Balaban J connectivity index is 1.42. The molecular formula is C26H33N9O2. The Kier molecular flexibility index (Phi) is 6.04. The molecule has 3 aromatic heterocycles. The van der Waals surface area contributed by atoms with Crippen molar-refractivity contribution in [3.8, 4) is 5.95 Å². The van der Waals surface area contributed by atoms with Gasteiger partial charge in [0.15, 0.2) is 17.0 Å². The van der Waals surface area contributed by atoms with E-state index in [9.17, 15) is 4.79 Å². The van der Waals surface area contributed by atoms with Gasteiger partial charge in [-0.3, -0.25) is 14.3 Å². The molecule has 0 spiro atoms. The van der Waals surface area contributed by atoms with Gasteiger partial charge in [0.1, 0.15) is 11.6 Å². The molecular weight excluding hydrogens is 470 g/mol. The number of amides is 1. The van der Waals surface area contributed by atoms with Gasteiger partial charge in [-0.1, -0.05) is 12.1 Å². The third-order valence-corrected chi connectivity index (χ3v) is 7.45. The number of aromatic nitrogens is 6. The fraction of sp³-hybridized carbons (Fsp3) is 0.500. The number of imidazole rings is 2. The number of rotatable bonds is 5. The summed E-state index contributed by atoms with van der Waals surface area (Å²) in [5.74, 6) is 3.40. The average molecular weight is 504 g/mol. The van der Waals surface area contributed by atoms with Crippen LogP contribution in [0.3, 0.4) is 0 Å². The second-order valence-corrected chi connectivity index (χ2v) is 10.1. The lowest BCUT2D eigenvalue weighted by Crippen LogP contribution is -2.37. The number of para-hydroxylation sites is 2. The number of benzene rings is 1. The summed E-state index contributed by atoms with van der Waals surface area (Å²) in [5, 5.41) is 0. The van der Waals surface area contributed by atoms with Crippen molar-refractivity contribution in [2.75, 3.05) is 58.4 Å². The molecule has 4 aromatic rings. The van der Waals surface area contributed by atoms with E-state index in [4.69, 9.17) is 24.7 Å². The molecule has 2 saturated heterocycles. The minimum atomic E-state index is 0.0393. The van der Waals surface area contributed by atoms with E-state index in [0.29, 0.717) is 25.7 Å². The van der Waals surface area contributed by atoms with Gasteiger partial charge in [0.05, 0.1) is 36.7 Å². The summed E-state index contributed by atoms with van der Waals surface area (Å²) < 4.78 is 9.70. The van der Waals surface area contributed by atoms with Gasteiger partial charge < -0.3 is 19.1 Å². The van der Waals surface area contributed by atoms with Gasteiger partial charge in [-0.05, 0) is 32.0 Å². The van der Waals surface area contributed by atoms with Crippen LogP contribution in [0.25, 0.3) is 28.1 Å². The molecule has 1 atom stereocenters. The number of morpholine rings is 1. The van der Waals surface area contributed by atoms with E-state index in [1.54, 1.807) is 4.90 Å². The Morgan fingerprint density at radius 2 is 1.86 bits per heavy atom. The van der Waals surface area contributed by atoms with Gasteiger partial charge in [0, 0.05) is 40.8 Å². The van der Waals surface area contributed by atoms with Crippen LogP contribution in [-0.2, 0) is 23.1 Å². The second-order valence-electron chi connectivity index (χ2n) is 10.1. The van der Waals surface area contributed by atoms with Crippen molar-refractivity contribution >= 4 is 33.9 Å². The lowest BCUT2D eigenvalue weighted by Gasteiger charge is -2.28. The van der Waals surface area contributed by atoms with Crippen LogP contribution in [0, 0.1) is 12.8 Å². The fourth-order valence-electron chi connectivity index (χ4n) is 5.46. The molecule has 0 saturated carbocycles. The first-order valence-corrected chi connectivity index (χ1v) is 12.8. The molecule has 0 unspecified atom stereocenters. The number of ether oxygens (including phenoxy) is 1. The van der Waals surface area contributed by atoms with Crippen LogP contribution in [-0.4, -0.2) is 98.3 Å². The van der Waals surface area contributed by atoms with Crippen LogP contribution in [0.15, 0.2) is 24.3 Å². The number of anilines is 1. The fourth-order valence-corrected chi connectivity index (χ4v) is 5.46. The van der Waals surface area contributed by atoms with Crippen LogP contribution < -0.4 is 4.90 Å². The van der Waals surface area contributed by atoms with E-state index < -0.39 is 0 Å². The van der Waals surface area contributed by atoms with E-state index >= 15 is 0 Å². The summed E-state index contributed by atoms with van der Waals surface area (Å²) in [6, 6.07) is 8.05. The molecule has 2 aliphatic rings. The third kappa shape index (κ3) is 4.21. The molecule has 0 bridgehead atoms. The molecule has 11 heteroatoms. The predicted molar refractivity (Wildman–Crippen MR) is 141 cm³/mol. The van der Waals surface area contributed by atoms with E-state index in [1.807, 2.05) is 56.9 Å². The minimum Gasteiger partial charge on any atom is -0.378 e. The number of aryl methyl sites for hydroxylation is 2. The van der Waals surface area contributed by atoms with E-state index in [1.165, 1.54) is 0 Å². The Hall–Kier alpha value is -3.57. The zero-order chi connectivity index (χ0) is 25.7. The molecule has 0 aliphatic carbocycles. The van der Waals surface area contributed by atoms with Gasteiger partial charge in [-0.2, -0.15) is 9.97 Å². The maximum atomic E-state index is 12.5. The first-order valence-electron chi connectivity index (χ1n) is 12.8. The number of carbonyl (C=O) groups is 1. The lowest BCUT2D eigenvalue weighted by molar-refractivity contribution is -0.132. The summed E-state index contributed by atoms with van der Waals surface area (Å²) in [6.07, 6.45) is 0.872. The van der Waals surface area contributed by atoms with Crippen LogP contribution in [0.1, 0.15) is 18.1 Å². The first kappa shape index (κ1) is 23.8. The molecule has 11 nitrogen and oxygen atoms in total. The van der Waals surface area contributed by atoms with Crippen molar-refractivity contribution in [3.05, 3.63) is 35.9 Å². The van der Waals surface area contributed by atoms with Gasteiger partial charge in [0.25, 0.3) is 0 Å². The normalized spacial score (nSPS) is 18.8. The minimum absolute atomic E-state index is 0.0393. The van der Waals surface area contributed by atoms with Crippen LogP contribution >= 0.6 is 0 Å². The average Bonchev–Trinajstić information content (AvgIpc) is 3.59. The van der Waals surface area contributed by atoms with Gasteiger partial charge in [0.2, 0.25) is 11.9 Å². The summed E-state index contributed by atoms with van der Waals surface area (Å²) in [4.78, 5) is 38.6. The monoisotopic (exact) mass is 503 g/mol. The van der Waals surface area contributed by atoms with Crippen molar-refractivity contribution < 1.29 is 9.53 Å². The lowest BCUT2D eigenvalue weighted by atomic mass is 10.1. The van der Waals surface area contributed by atoms with E-state index in [2.05, 4.69) is 14.4 Å². The topological polar surface area (TPSA) is 97.4 Å². The van der Waals surface area contributed by atoms with Crippen LogP contribution in [0.5, 0.6) is 0 Å². The van der Waals surface area contributed by atoms with Crippen molar-refractivity contribution in [2.24, 2.45) is 13.0 Å². The van der Waals surface area contributed by atoms with E-state index in [0.717, 1.165) is 72.3 Å². The highest BCUT2D eigenvalue weighted by atomic mass is 16.5. The molecule has 2 fully saturated rings. The number of hydrogen-bond acceptors (Lipinski definition) is 8. The molecule has 5 heterocycles. The maximum absolute atomic E-state index is 12.5. The molecule has 37 heavy (non-hydrogen) atoms. The van der Waals surface area contributed by atoms with Crippen molar-refractivity contribution in [1.82, 2.24) is 38.9 Å². The first-order chi connectivity index (χ1) is 17.9. The molecule has 2 aliphatic heterocycles.